The van der Waals surface area contributed by atoms with Crippen molar-refractivity contribution in [2.45, 2.75) is 44.9 Å². The number of guanidine groups is 1. The summed E-state index contributed by atoms with van der Waals surface area (Å²) in [7, 11) is 0. The number of hydrogen-bond donors (Lipinski definition) is 2. The summed E-state index contributed by atoms with van der Waals surface area (Å²) >= 11 is 0. The second kappa shape index (κ2) is 6.54. The molecule has 3 aliphatic heterocycles. The molecule has 1 atom stereocenters. The molecule has 0 spiro atoms. The third-order valence-corrected chi connectivity index (χ3v) is 6.07. The maximum atomic E-state index is 6.16. The number of imidazole rings is 1. The van der Waals surface area contributed by atoms with Gasteiger partial charge in [0.1, 0.15) is 11.4 Å². The summed E-state index contributed by atoms with van der Waals surface area (Å²) in [5.41, 5.74) is 9.95. The van der Waals surface area contributed by atoms with E-state index in [9.17, 15) is 0 Å². The van der Waals surface area contributed by atoms with Crippen LogP contribution in [0.4, 0.5) is 5.95 Å². The summed E-state index contributed by atoms with van der Waals surface area (Å²) in [5, 5.41) is 3.10. The third-order valence-electron chi connectivity index (χ3n) is 6.07. The number of nitrogens with zero attached hydrogens (tertiary/aromatic N) is 3. The van der Waals surface area contributed by atoms with Gasteiger partial charge in [0.05, 0.1) is 24.2 Å². The van der Waals surface area contributed by atoms with Crippen molar-refractivity contribution in [3.63, 3.8) is 0 Å². The van der Waals surface area contributed by atoms with Gasteiger partial charge >= 0.3 is 0 Å². The second-order valence-electron chi connectivity index (χ2n) is 8.89. The first-order valence-electron chi connectivity index (χ1n) is 10.7. The lowest BCUT2D eigenvalue weighted by molar-refractivity contribution is 0.0846. The Morgan fingerprint density at radius 2 is 1.90 bits per heavy atom. The number of anilines is 1. The topological polar surface area (TPSA) is 95.9 Å². The Hall–Kier alpha value is -3.42. The lowest BCUT2D eigenvalue weighted by Crippen LogP contribution is -2.33. The monoisotopic (exact) mass is 419 g/mol. The Kier molecular flexibility index (Phi) is 3.87. The van der Waals surface area contributed by atoms with Crippen LogP contribution in [0, 0.1) is 0 Å². The molecule has 0 radical (unpaired) electrons. The second-order valence-corrected chi connectivity index (χ2v) is 8.89. The van der Waals surface area contributed by atoms with E-state index in [1.165, 1.54) is 5.56 Å². The van der Waals surface area contributed by atoms with Crippen molar-refractivity contribution in [3.05, 3.63) is 41.5 Å². The molecule has 0 amide bonds. The van der Waals surface area contributed by atoms with Gasteiger partial charge < -0.3 is 19.9 Å². The van der Waals surface area contributed by atoms with Gasteiger partial charge in [-0.1, -0.05) is 6.07 Å². The van der Waals surface area contributed by atoms with Crippen LogP contribution < -0.4 is 25.3 Å². The summed E-state index contributed by atoms with van der Waals surface area (Å²) in [6, 6.07) is 10.2. The molecule has 3 aromatic rings. The Morgan fingerprint density at radius 3 is 2.74 bits per heavy atom. The molecule has 8 heteroatoms. The van der Waals surface area contributed by atoms with Gasteiger partial charge in [0.2, 0.25) is 5.95 Å². The maximum Gasteiger partial charge on any atom is 0.212 e. The van der Waals surface area contributed by atoms with Crippen molar-refractivity contribution in [2.24, 2.45) is 10.7 Å². The number of fused-ring (bicyclic) bond motifs is 5. The van der Waals surface area contributed by atoms with E-state index >= 15 is 0 Å². The van der Waals surface area contributed by atoms with Gasteiger partial charge in [0, 0.05) is 18.6 Å². The number of ether oxygens (including phenoxy) is 3. The summed E-state index contributed by atoms with van der Waals surface area (Å²) in [5.74, 6) is 3.40. The number of aliphatic imine (C=N–C) groups is 1. The zero-order valence-corrected chi connectivity index (χ0v) is 17.6. The average molecular weight is 419 g/mol. The molecule has 0 saturated heterocycles. The molecule has 1 aromatic heterocycles. The number of nitrogens with one attached hydrogen (secondary N) is 1. The molecule has 4 heterocycles. The molecule has 31 heavy (non-hydrogen) atoms. The van der Waals surface area contributed by atoms with Gasteiger partial charge in [0.15, 0.2) is 23.6 Å². The van der Waals surface area contributed by atoms with Crippen LogP contribution in [0.5, 0.6) is 17.2 Å². The number of aryl methyl sites for hydroxylation is 1. The Bertz CT molecular complexity index is 1230. The Balaban J connectivity index is 1.47. The van der Waals surface area contributed by atoms with Crippen LogP contribution in [0.25, 0.3) is 11.0 Å². The van der Waals surface area contributed by atoms with Crippen molar-refractivity contribution in [2.75, 3.05) is 18.5 Å². The van der Waals surface area contributed by atoms with E-state index in [0.29, 0.717) is 25.1 Å². The van der Waals surface area contributed by atoms with Crippen LogP contribution in [0.3, 0.4) is 0 Å². The van der Waals surface area contributed by atoms with Gasteiger partial charge in [0.25, 0.3) is 0 Å². The van der Waals surface area contributed by atoms with Crippen LogP contribution in [-0.2, 0) is 6.42 Å². The highest BCUT2D eigenvalue weighted by atomic mass is 16.5. The van der Waals surface area contributed by atoms with E-state index < -0.39 is 0 Å². The molecule has 3 N–H and O–H groups in total. The normalized spacial score (nSPS) is 21.2. The van der Waals surface area contributed by atoms with Gasteiger partial charge in [-0.3, -0.25) is 9.88 Å². The first-order valence-corrected chi connectivity index (χ1v) is 10.7. The molecule has 160 valence electrons. The highest BCUT2D eigenvalue weighted by Gasteiger charge is 2.30. The van der Waals surface area contributed by atoms with Crippen LogP contribution in [0.2, 0.25) is 0 Å². The van der Waals surface area contributed by atoms with Gasteiger partial charge in [-0.05, 0) is 49.9 Å². The quantitative estimate of drug-likeness (QED) is 0.626. The minimum Gasteiger partial charge on any atom is -0.489 e. The molecule has 0 bridgehead atoms. The SMILES string of the molecule is CC1(C)CCc2cc(C3N=C(N)Nc4nc5cc6c(cc5n43)OCCCO6)ccc2O1. The van der Waals surface area contributed by atoms with Crippen molar-refractivity contribution in [1.82, 2.24) is 9.55 Å². The molecule has 2 aromatic carbocycles. The molecule has 0 aliphatic carbocycles. The lowest BCUT2D eigenvalue weighted by Gasteiger charge is -2.33. The zero-order valence-electron chi connectivity index (χ0n) is 17.6. The highest BCUT2D eigenvalue weighted by Crippen LogP contribution is 2.40. The molecule has 1 unspecified atom stereocenters. The summed E-state index contributed by atoms with van der Waals surface area (Å²) in [6.45, 7) is 5.52. The molecule has 0 fully saturated rings. The first kappa shape index (κ1) is 18.4. The van der Waals surface area contributed by atoms with Gasteiger partial charge in [-0.15, -0.1) is 0 Å². The maximum absolute atomic E-state index is 6.16. The summed E-state index contributed by atoms with van der Waals surface area (Å²) in [4.78, 5) is 9.47. The average Bonchev–Trinajstić information content (AvgIpc) is 2.92. The Labute approximate surface area is 180 Å². The van der Waals surface area contributed by atoms with E-state index in [2.05, 4.69) is 35.9 Å². The lowest BCUT2D eigenvalue weighted by atomic mass is 9.93. The minimum atomic E-state index is -0.328. The molecule has 0 saturated carbocycles. The fraction of sp³-hybridized carbons (Fsp3) is 0.391. The van der Waals surface area contributed by atoms with Crippen molar-refractivity contribution < 1.29 is 14.2 Å². The predicted octanol–water partition coefficient (Wildman–Crippen LogP) is 3.59. The van der Waals surface area contributed by atoms with Crippen molar-refractivity contribution in [3.8, 4) is 17.2 Å². The van der Waals surface area contributed by atoms with Gasteiger partial charge in [-0.25, -0.2) is 9.98 Å². The molecule has 3 aliphatic rings. The van der Waals surface area contributed by atoms with E-state index in [1.54, 1.807) is 0 Å². The van der Waals surface area contributed by atoms with E-state index in [1.807, 2.05) is 18.2 Å². The van der Waals surface area contributed by atoms with Crippen LogP contribution in [-0.4, -0.2) is 34.3 Å². The van der Waals surface area contributed by atoms with E-state index in [0.717, 1.165) is 53.1 Å². The number of hydrogen-bond acceptors (Lipinski definition) is 7. The summed E-state index contributed by atoms with van der Waals surface area (Å²) in [6.07, 6.45) is 2.47. The fourth-order valence-corrected chi connectivity index (χ4v) is 4.49. The molecular weight excluding hydrogens is 394 g/mol. The Morgan fingerprint density at radius 1 is 1.10 bits per heavy atom. The standard InChI is InChI=1S/C23H25N5O3/c1-23(2)7-6-13-10-14(4-5-17(13)31-23)20-26-21(24)27-22-25-15-11-18-19(12-16(15)28(20)22)30-9-3-8-29-18/h4-5,10-12,20H,3,6-9H2,1-2H3,(H3,24,25,26,27). The van der Waals surface area contributed by atoms with E-state index in [4.69, 9.17) is 29.9 Å². The van der Waals surface area contributed by atoms with Crippen molar-refractivity contribution >= 4 is 22.9 Å². The molecule has 8 nitrogen and oxygen atoms in total. The zero-order chi connectivity index (χ0) is 21.2. The van der Waals surface area contributed by atoms with Gasteiger partial charge in [-0.2, -0.15) is 0 Å². The number of benzene rings is 2. The fourth-order valence-electron chi connectivity index (χ4n) is 4.49. The summed E-state index contributed by atoms with van der Waals surface area (Å²) < 4.78 is 20.0. The number of rotatable bonds is 1. The smallest absolute Gasteiger partial charge is 0.212 e. The first-order chi connectivity index (χ1) is 15.0. The van der Waals surface area contributed by atoms with Crippen LogP contribution in [0.15, 0.2) is 35.3 Å². The number of nitrogens with two attached hydrogens (primary N) is 1. The van der Waals surface area contributed by atoms with Crippen molar-refractivity contribution in [1.29, 1.82) is 0 Å². The predicted molar refractivity (Wildman–Crippen MR) is 118 cm³/mol. The number of aromatic nitrogens is 2. The highest BCUT2D eigenvalue weighted by molar-refractivity contribution is 5.95. The largest absolute Gasteiger partial charge is 0.489 e. The van der Waals surface area contributed by atoms with Crippen LogP contribution >= 0.6 is 0 Å². The molecular formula is C23H25N5O3. The van der Waals surface area contributed by atoms with Crippen LogP contribution in [0.1, 0.15) is 44.0 Å². The molecule has 6 rings (SSSR count). The van der Waals surface area contributed by atoms with E-state index in [-0.39, 0.29) is 11.8 Å². The third kappa shape index (κ3) is 3.05. The minimum absolute atomic E-state index is 0.139.